The molecule has 0 spiro atoms. The van der Waals surface area contributed by atoms with E-state index in [9.17, 15) is 4.79 Å². The number of ether oxygens (including phenoxy) is 1. The van der Waals surface area contributed by atoms with Gasteiger partial charge in [0.05, 0.1) is 18.4 Å². The average molecular weight is 268 g/mol. The minimum absolute atomic E-state index is 0.148. The Bertz CT molecular complexity index is 583. The van der Waals surface area contributed by atoms with Crippen LogP contribution in [0, 0.1) is 0 Å². The minimum atomic E-state index is -0.457. The van der Waals surface area contributed by atoms with E-state index in [0.717, 1.165) is 0 Å². The summed E-state index contributed by atoms with van der Waals surface area (Å²) in [4.78, 5) is 19.2. The van der Waals surface area contributed by atoms with E-state index in [2.05, 4.69) is 15.1 Å². The normalized spacial score (nSPS) is 10.3. The topological polar surface area (TPSA) is 95.9 Å². The number of nitrogen functional groups attached to an aromatic ring is 1. The van der Waals surface area contributed by atoms with E-state index in [1.54, 1.807) is 6.92 Å². The van der Waals surface area contributed by atoms with Gasteiger partial charge in [-0.15, -0.1) is 0 Å². The number of hydrogen-bond donors (Lipinski definition) is 1. The van der Waals surface area contributed by atoms with Gasteiger partial charge in [0.25, 0.3) is 0 Å². The van der Waals surface area contributed by atoms with E-state index in [4.69, 9.17) is 22.1 Å². The lowest BCUT2D eigenvalue weighted by atomic mass is 10.4. The summed E-state index contributed by atoms with van der Waals surface area (Å²) in [5.74, 6) is -0.00327. The molecular weight excluding hydrogens is 258 g/mol. The lowest BCUT2D eigenvalue weighted by Crippen LogP contribution is -2.04. The first-order chi connectivity index (χ1) is 8.63. The van der Waals surface area contributed by atoms with Crippen LogP contribution in [0.4, 0.5) is 5.82 Å². The van der Waals surface area contributed by atoms with Gasteiger partial charge in [-0.3, -0.25) is 0 Å². The van der Waals surface area contributed by atoms with Crippen molar-refractivity contribution in [2.75, 3.05) is 12.3 Å². The maximum Gasteiger partial charge on any atom is 0.341 e. The van der Waals surface area contributed by atoms with Crippen LogP contribution in [-0.4, -0.2) is 32.3 Å². The van der Waals surface area contributed by atoms with Crippen molar-refractivity contribution in [2.24, 2.45) is 0 Å². The highest BCUT2D eigenvalue weighted by atomic mass is 35.5. The lowest BCUT2D eigenvalue weighted by Gasteiger charge is -2.03. The summed E-state index contributed by atoms with van der Waals surface area (Å²) in [5, 5.41) is 4.15. The molecule has 94 valence electrons. The maximum atomic E-state index is 11.5. The molecule has 2 N–H and O–H groups in total. The summed E-state index contributed by atoms with van der Waals surface area (Å²) < 4.78 is 6.19. The molecule has 2 aromatic heterocycles. The number of carbonyl (C=O) groups is 1. The van der Waals surface area contributed by atoms with E-state index >= 15 is 0 Å². The number of nitrogens with two attached hydrogens (primary N) is 1. The Labute approximate surface area is 108 Å². The Morgan fingerprint density at radius 3 is 3.06 bits per heavy atom. The van der Waals surface area contributed by atoms with Gasteiger partial charge >= 0.3 is 5.97 Å². The molecule has 2 heterocycles. The van der Waals surface area contributed by atoms with Gasteiger partial charge in [-0.25, -0.2) is 19.4 Å². The molecular formula is C10H10ClN5O2. The Morgan fingerprint density at radius 2 is 2.33 bits per heavy atom. The zero-order valence-electron chi connectivity index (χ0n) is 9.50. The molecule has 18 heavy (non-hydrogen) atoms. The van der Waals surface area contributed by atoms with Gasteiger partial charge in [0.1, 0.15) is 17.2 Å². The van der Waals surface area contributed by atoms with Crippen LogP contribution < -0.4 is 5.73 Å². The fraction of sp³-hybridized carbons (Fsp3) is 0.200. The molecule has 2 rings (SSSR count). The van der Waals surface area contributed by atoms with Gasteiger partial charge in [0.15, 0.2) is 5.82 Å². The zero-order valence-corrected chi connectivity index (χ0v) is 10.3. The first-order valence-corrected chi connectivity index (χ1v) is 5.49. The van der Waals surface area contributed by atoms with Gasteiger partial charge in [-0.1, -0.05) is 11.6 Å². The molecule has 0 saturated heterocycles. The van der Waals surface area contributed by atoms with Crippen molar-refractivity contribution < 1.29 is 9.53 Å². The number of carbonyl (C=O) groups excluding carboxylic acids is 1. The van der Waals surface area contributed by atoms with Crippen LogP contribution in [0.1, 0.15) is 17.3 Å². The number of nitrogens with zero attached hydrogens (tertiary/aromatic N) is 4. The summed E-state index contributed by atoms with van der Waals surface area (Å²) in [7, 11) is 0. The maximum absolute atomic E-state index is 11.5. The molecule has 2 aromatic rings. The number of esters is 1. The number of hydrogen-bond acceptors (Lipinski definition) is 6. The van der Waals surface area contributed by atoms with Crippen LogP contribution in [0.25, 0.3) is 5.82 Å². The molecule has 0 amide bonds. The van der Waals surface area contributed by atoms with E-state index in [-0.39, 0.29) is 10.8 Å². The smallest absolute Gasteiger partial charge is 0.341 e. The molecule has 8 heteroatoms. The third kappa shape index (κ3) is 2.25. The first-order valence-electron chi connectivity index (χ1n) is 5.11. The first kappa shape index (κ1) is 12.3. The molecule has 0 aliphatic carbocycles. The third-order valence-electron chi connectivity index (χ3n) is 2.11. The third-order valence-corrected chi connectivity index (χ3v) is 2.47. The predicted octanol–water partition coefficient (Wildman–Crippen LogP) is 1.07. The molecule has 7 nitrogen and oxygen atoms in total. The SMILES string of the molecule is CCOC(=O)c1cnn(-c2ncnc(N)c2Cl)c1. The van der Waals surface area contributed by atoms with Crippen molar-refractivity contribution >= 4 is 23.4 Å². The van der Waals surface area contributed by atoms with Crippen LogP contribution in [-0.2, 0) is 4.74 Å². The van der Waals surface area contributed by atoms with Crippen molar-refractivity contribution in [2.45, 2.75) is 6.92 Å². The summed E-state index contributed by atoms with van der Waals surface area (Å²) in [5.41, 5.74) is 5.87. The predicted molar refractivity (Wildman–Crippen MR) is 64.5 cm³/mol. The van der Waals surface area contributed by atoms with E-state index < -0.39 is 5.97 Å². The monoisotopic (exact) mass is 267 g/mol. The minimum Gasteiger partial charge on any atom is -0.462 e. The van der Waals surface area contributed by atoms with Crippen LogP contribution >= 0.6 is 11.6 Å². The highest BCUT2D eigenvalue weighted by Crippen LogP contribution is 2.21. The number of anilines is 1. The largest absolute Gasteiger partial charge is 0.462 e. The average Bonchev–Trinajstić information content (AvgIpc) is 2.82. The Morgan fingerprint density at radius 1 is 1.56 bits per heavy atom. The highest BCUT2D eigenvalue weighted by molar-refractivity contribution is 6.34. The second kappa shape index (κ2) is 5.01. The standard InChI is InChI=1S/C10H10ClN5O2/c1-2-18-10(17)6-3-15-16(4-6)9-7(11)8(12)13-5-14-9/h3-5H,2H2,1H3,(H2,12,13,14). The quantitative estimate of drug-likeness (QED) is 0.836. The van der Waals surface area contributed by atoms with Crippen LogP contribution in [0.3, 0.4) is 0 Å². The second-order valence-corrected chi connectivity index (χ2v) is 3.67. The van der Waals surface area contributed by atoms with Crippen molar-refractivity contribution in [1.82, 2.24) is 19.7 Å². The zero-order chi connectivity index (χ0) is 13.1. The van der Waals surface area contributed by atoms with Crippen molar-refractivity contribution in [3.05, 3.63) is 29.3 Å². The van der Waals surface area contributed by atoms with E-state index in [0.29, 0.717) is 18.0 Å². The van der Waals surface area contributed by atoms with Gasteiger partial charge in [-0.2, -0.15) is 5.10 Å². The molecule has 0 aliphatic heterocycles. The number of aromatic nitrogens is 4. The van der Waals surface area contributed by atoms with E-state index in [1.165, 1.54) is 23.4 Å². The summed E-state index contributed by atoms with van der Waals surface area (Å²) in [6.07, 6.45) is 4.10. The van der Waals surface area contributed by atoms with E-state index in [1.807, 2.05) is 0 Å². The van der Waals surface area contributed by atoms with Gasteiger partial charge in [0, 0.05) is 6.20 Å². The van der Waals surface area contributed by atoms with Crippen molar-refractivity contribution in [3.63, 3.8) is 0 Å². The molecule has 0 aliphatic rings. The second-order valence-electron chi connectivity index (χ2n) is 3.29. The van der Waals surface area contributed by atoms with Gasteiger partial charge < -0.3 is 10.5 Å². The summed E-state index contributed by atoms with van der Waals surface area (Å²) >= 11 is 5.95. The highest BCUT2D eigenvalue weighted by Gasteiger charge is 2.13. The van der Waals surface area contributed by atoms with Crippen LogP contribution in [0.15, 0.2) is 18.7 Å². The Kier molecular flexibility index (Phi) is 3.42. The Hall–Kier alpha value is -2.15. The molecule has 0 unspecified atom stereocenters. The molecule has 0 aromatic carbocycles. The lowest BCUT2D eigenvalue weighted by molar-refractivity contribution is 0.0526. The fourth-order valence-corrected chi connectivity index (χ4v) is 1.48. The van der Waals surface area contributed by atoms with Crippen LogP contribution in [0.5, 0.6) is 0 Å². The van der Waals surface area contributed by atoms with Crippen molar-refractivity contribution in [1.29, 1.82) is 0 Å². The van der Waals surface area contributed by atoms with Gasteiger partial charge in [0.2, 0.25) is 0 Å². The van der Waals surface area contributed by atoms with Crippen molar-refractivity contribution in [3.8, 4) is 5.82 Å². The molecule has 0 fully saturated rings. The molecule has 0 bridgehead atoms. The summed E-state index contributed by atoms with van der Waals surface area (Å²) in [6.45, 7) is 2.02. The summed E-state index contributed by atoms with van der Waals surface area (Å²) in [6, 6.07) is 0. The molecule has 0 atom stereocenters. The van der Waals surface area contributed by atoms with Gasteiger partial charge in [-0.05, 0) is 6.92 Å². The van der Waals surface area contributed by atoms with Crippen LogP contribution in [0.2, 0.25) is 5.02 Å². The fourth-order valence-electron chi connectivity index (χ4n) is 1.29. The number of rotatable bonds is 3. The number of halogens is 1. The Balaban J connectivity index is 2.35. The molecule has 0 saturated carbocycles. The molecule has 0 radical (unpaired) electrons.